The lowest BCUT2D eigenvalue weighted by Crippen LogP contribution is -2.45. The molecular formula is C11H24N2. The van der Waals surface area contributed by atoms with Gasteiger partial charge in [-0.05, 0) is 32.6 Å². The van der Waals surface area contributed by atoms with Gasteiger partial charge in [-0.25, -0.2) is 5.01 Å². The standard InChI is InChI=1S/C11H24N2/c1-5-6-10(4)11-7-8-12-13(11)9(2)3/h9-12H,5-8H2,1-4H3. The Hall–Kier alpha value is -0.0800. The number of hydrogen-bond acceptors (Lipinski definition) is 2. The molecule has 0 aliphatic carbocycles. The van der Waals surface area contributed by atoms with Crippen molar-refractivity contribution >= 4 is 0 Å². The summed E-state index contributed by atoms with van der Waals surface area (Å²) >= 11 is 0. The van der Waals surface area contributed by atoms with Crippen LogP contribution < -0.4 is 5.43 Å². The number of hydrogen-bond donors (Lipinski definition) is 1. The lowest BCUT2D eigenvalue weighted by Gasteiger charge is -2.31. The van der Waals surface area contributed by atoms with Crippen molar-refractivity contribution in [2.45, 2.75) is 59.0 Å². The SMILES string of the molecule is CCCC(C)C1CCNN1C(C)C. The van der Waals surface area contributed by atoms with E-state index in [-0.39, 0.29) is 0 Å². The second-order valence-corrected chi connectivity index (χ2v) is 4.53. The van der Waals surface area contributed by atoms with E-state index in [1.807, 2.05) is 0 Å². The molecule has 0 saturated carbocycles. The van der Waals surface area contributed by atoms with Crippen molar-refractivity contribution in [1.82, 2.24) is 10.4 Å². The minimum absolute atomic E-state index is 0.631. The molecule has 1 fully saturated rings. The van der Waals surface area contributed by atoms with Crippen LogP contribution in [0.2, 0.25) is 0 Å². The first kappa shape index (κ1) is 11.0. The van der Waals surface area contributed by atoms with E-state index in [0.717, 1.165) is 18.5 Å². The topological polar surface area (TPSA) is 15.3 Å². The van der Waals surface area contributed by atoms with Crippen molar-refractivity contribution in [3.05, 3.63) is 0 Å². The quantitative estimate of drug-likeness (QED) is 0.722. The lowest BCUT2D eigenvalue weighted by atomic mass is 9.94. The minimum atomic E-state index is 0.631. The highest BCUT2D eigenvalue weighted by Gasteiger charge is 2.29. The summed E-state index contributed by atoms with van der Waals surface area (Å²) in [4.78, 5) is 0. The fraction of sp³-hybridized carbons (Fsp3) is 1.00. The maximum absolute atomic E-state index is 3.48. The Morgan fingerprint density at radius 2 is 2.08 bits per heavy atom. The molecule has 0 spiro atoms. The zero-order chi connectivity index (χ0) is 9.84. The molecule has 2 atom stereocenters. The third-order valence-corrected chi connectivity index (χ3v) is 3.05. The summed E-state index contributed by atoms with van der Waals surface area (Å²) in [6.45, 7) is 10.4. The molecular weight excluding hydrogens is 160 g/mol. The Balaban J connectivity index is 2.47. The van der Waals surface area contributed by atoms with Crippen LogP contribution in [0.15, 0.2) is 0 Å². The maximum Gasteiger partial charge on any atom is 0.0284 e. The Morgan fingerprint density at radius 3 is 2.62 bits per heavy atom. The van der Waals surface area contributed by atoms with E-state index in [9.17, 15) is 0 Å². The summed E-state index contributed by atoms with van der Waals surface area (Å²) in [6.07, 6.45) is 3.98. The van der Waals surface area contributed by atoms with Crippen LogP contribution in [0.25, 0.3) is 0 Å². The fourth-order valence-electron chi connectivity index (χ4n) is 2.37. The van der Waals surface area contributed by atoms with E-state index in [1.165, 1.54) is 19.3 Å². The molecule has 0 aromatic heterocycles. The molecule has 0 aromatic carbocycles. The van der Waals surface area contributed by atoms with Gasteiger partial charge in [0.05, 0.1) is 0 Å². The highest BCUT2D eigenvalue weighted by Crippen LogP contribution is 2.23. The fourth-order valence-corrected chi connectivity index (χ4v) is 2.37. The van der Waals surface area contributed by atoms with Gasteiger partial charge in [0, 0.05) is 18.6 Å². The van der Waals surface area contributed by atoms with Gasteiger partial charge in [0.1, 0.15) is 0 Å². The molecule has 1 N–H and O–H groups in total. The van der Waals surface area contributed by atoms with E-state index in [4.69, 9.17) is 0 Å². The van der Waals surface area contributed by atoms with Gasteiger partial charge in [-0.15, -0.1) is 0 Å². The Kier molecular flexibility index (Phi) is 4.20. The first-order valence-electron chi connectivity index (χ1n) is 5.68. The average molecular weight is 184 g/mol. The first-order valence-corrected chi connectivity index (χ1v) is 5.68. The van der Waals surface area contributed by atoms with Crippen LogP contribution in [0, 0.1) is 5.92 Å². The van der Waals surface area contributed by atoms with Crippen molar-refractivity contribution in [3.63, 3.8) is 0 Å². The molecule has 2 unspecified atom stereocenters. The number of nitrogens with zero attached hydrogens (tertiary/aromatic N) is 1. The molecule has 0 bridgehead atoms. The van der Waals surface area contributed by atoms with Crippen LogP contribution in [0.3, 0.4) is 0 Å². The summed E-state index contributed by atoms with van der Waals surface area (Å²) in [5.74, 6) is 0.836. The average Bonchev–Trinajstić information content (AvgIpc) is 2.52. The van der Waals surface area contributed by atoms with Crippen LogP contribution in [-0.2, 0) is 0 Å². The van der Waals surface area contributed by atoms with Gasteiger partial charge in [-0.3, -0.25) is 5.43 Å². The second kappa shape index (κ2) is 4.97. The molecule has 1 aliphatic heterocycles. The van der Waals surface area contributed by atoms with E-state index in [2.05, 4.69) is 38.1 Å². The van der Waals surface area contributed by atoms with Gasteiger partial charge in [0.15, 0.2) is 0 Å². The molecule has 78 valence electrons. The summed E-state index contributed by atoms with van der Waals surface area (Å²) in [5, 5.41) is 2.44. The molecule has 1 saturated heterocycles. The highest BCUT2D eigenvalue weighted by atomic mass is 15.6. The highest BCUT2D eigenvalue weighted by molar-refractivity contribution is 4.82. The predicted octanol–water partition coefficient (Wildman–Crippen LogP) is 2.41. The van der Waals surface area contributed by atoms with Crippen LogP contribution in [0.4, 0.5) is 0 Å². The number of rotatable bonds is 4. The Morgan fingerprint density at radius 1 is 1.38 bits per heavy atom. The number of hydrazine groups is 1. The molecule has 13 heavy (non-hydrogen) atoms. The molecule has 0 radical (unpaired) electrons. The smallest absolute Gasteiger partial charge is 0.0284 e. The largest absolute Gasteiger partial charge is 0.255 e. The van der Waals surface area contributed by atoms with E-state index >= 15 is 0 Å². The predicted molar refractivity (Wildman–Crippen MR) is 57.5 cm³/mol. The van der Waals surface area contributed by atoms with Crippen LogP contribution >= 0.6 is 0 Å². The Bertz CT molecular complexity index is 145. The van der Waals surface area contributed by atoms with Crippen LogP contribution in [0.5, 0.6) is 0 Å². The minimum Gasteiger partial charge on any atom is -0.255 e. The second-order valence-electron chi connectivity index (χ2n) is 4.53. The summed E-state index contributed by atoms with van der Waals surface area (Å²) in [6, 6.07) is 1.40. The molecule has 1 rings (SSSR count). The van der Waals surface area contributed by atoms with E-state index < -0.39 is 0 Å². The van der Waals surface area contributed by atoms with Crippen molar-refractivity contribution in [2.75, 3.05) is 6.54 Å². The lowest BCUT2D eigenvalue weighted by molar-refractivity contribution is 0.104. The van der Waals surface area contributed by atoms with E-state index in [0.29, 0.717) is 6.04 Å². The normalized spacial score (nSPS) is 27.0. The monoisotopic (exact) mass is 184 g/mol. The molecule has 2 heteroatoms. The third kappa shape index (κ3) is 2.68. The van der Waals surface area contributed by atoms with Gasteiger partial charge in [0.2, 0.25) is 0 Å². The van der Waals surface area contributed by atoms with Crippen molar-refractivity contribution in [3.8, 4) is 0 Å². The number of nitrogens with one attached hydrogen (secondary N) is 1. The molecule has 1 heterocycles. The summed E-state index contributed by atoms with van der Waals surface area (Å²) in [5.41, 5.74) is 3.48. The third-order valence-electron chi connectivity index (χ3n) is 3.05. The van der Waals surface area contributed by atoms with Crippen molar-refractivity contribution in [1.29, 1.82) is 0 Å². The van der Waals surface area contributed by atoms with Gasteiger partial charge >= 0.3 is 0 Å². The summed E-state index contributed by atoms with van der Waals surface area (Å²) < 4.78 is 0. The summed E-state index contributed by atoms with van der Waals surface area (Å²) in [7, 11) is 0. The van der Waals surface area contributed by atoms with Crippen molar-refractivity contribution in [2.24, 2.45) is 5.92 Å². The van der Waals surface area contributed by atoms with Gasteiger partial charge in [-0.1, -0.05) is 20.3 Å². The Labute approximate surface area is 82.7 Å². The molecule has 0 amide bonds. The van der Waals surface area contributed by atoms with Crippen LogP contribution in [0.1, 0.15) is 47.0 Å². The zero-order valence-corrected chi connectivity index (χ0v) is 9.51. The van der Waals surface area contributed by atoms with Crippen LogP contribution in [-0.4, -0.2) is 23.6 Å². The molecule has 0 aromatic rings. The van der Waals surface area contributed by atoms with Gasteiger partial charge in [-0.2, -0.15) is 0 Å². The van der Waals surface area contributed by atoms with E-state index in [1.54, 1.807) is 0 Å². The molecule has 1 aliphatic rings. The molecule has 2 nitrogen and oxygen atoms in total. The van der Waals surface area contributed by atoms with Gasteiger partial charge < -0.3 is 0 Å². The maximum atomic E-state index is 3.48. The zero-order valence-electron chi connectivity index (χ0n) is 9.51. The van der Waals surface area contributed by atoms with Crippen molar-refractivity contribution < 1.29 is 0 Å². The first-order chi connectivity index (χ1) is 6.16. The van der Waals surface area contributed by atoms with Gasteiger partial charge in [0.25, 0.3) is 0 Å².